The van der Waals surface area contributed by atoms with E-state index in [1.54, 1.807) is 18.3 Å². The summed E-state index contributed by atoms with van der Waals surface area (Å²) in [5.74, 6) is 6.30. The average Bonchev–Trinajstić information content (AvgIpc) is 2.86. The zero-order chi connectivity index (χ0) is 13.2. The minimum Gasteiger partial charge on any atom is -0.448 e. The molecular weight excluding hydrogens is 262 g/mol. The predicted octanol–water partition coefficient (Wildman–Crippen LogP) is 3.03. The van der Waals surface area contributed by atoms with Gasteiger partial charge in [-0.15, -0.1) is 0 Å². The van der Waals surface area contributed by atoms with Gasteiger partial charge in [-0.25, -0.2) is 5.43 Å². The minimum atomic E-state index is -0.239. The van der Waals surface area contributed by atoms with E-state index in [2.05, 4.69) is 10.4 Å². The van der Waals surface area contributed by atoms with E-state index in [0.29, 0.717) is 11.0 Å². The fraction of sp³-hybridized carbons (Fsp3) is 0.0714. The Kier molecular flexibility index (Phi) is 3.21. The molecule has 19 heavy (non-hydrogen) atoms. The van der Waals surface area contributed by atoms with Gasteiger partial charge >= 0.3 is 0 Å². The molecule has 0 fully saturated rings. The molecule has 0 aliphatic rings. The van der Waals surface area contributed by atoms with Gasteiger partial charge in [0.2, 0.25) is 0 Å². The molecule has 1 aromatic carbocycles. The van der Waals surface area contributed by atoms with Crippen molar-refractivity contribution in [2.45, 2.75) is 6.04 Å². The smallest absolute Gasteiger partial charge is 0.193 e. The van der Waals surface area contributed by atoms with Crippen LogP contribution in [0, 0.1) is 0 Å². The van der Waals surface area contributed by atoms with Crippen LogP contribution in [0.1, 0.15) is 17.4 Å². The second-order valence-corrected chi connectivity index (χ2v) is 4.57. The summed E-state index contributed by atoms with van der Waals surface area (Å²) in [5, 5.41) is 1.40. The van der Waals surface area contributed by atoms with Crippen LogP contribution in [0.5, 0.6) is 0 Å². The highest BCUT2D eigenvalue weighted by Crippen LogP contribution is 2.27. The van der Waals surface area contributed by atoms with Crippen molar-refractivity contribution in [3.63, 3.8) is 0 Å². The van der Waals surface area contributed by atoms with Gasteiger partial charge in [-0.1, -0.05) is 12.1 Å². The largest absolute Gasteiger partial charge is 0.448 e. The third kappa shape index (κ3) is 2.33. The number of pyridine rings is 1. The molecule has 0 aliphatic heterocycles. The Morgan fingerprint density at radius 2 is 2.11 bits per heavy atom. The number of nitrogens with two attached hydrogens (primary N) is 1. The van der Waals surface area contributed by atoms with Crippen molar-refractivity contribution in [1.29, 1.82) is 0 Å². The van der Waals surface area contributed by atoms with Gasteiger partial charge in [-0.2, -0.15) is 0 Å². The van der Waals surface area contributed by atoms with Crippen LogP contribution in [0.4, 0.5) is 0 Å². The number of benzene rings is 1. The van der Waals surface area contributed by atoms with E-state index in [4.69, 9.17) is 21.9 Å². The highest BCUT2D eigenvalue weighted by Gasteiger charge is 2.16. The molecule has 0 saturated carbocycles. The predicted molar refractivity (Wildman–Crippen MR) is 74.6 cm³/mol. The molecule has 2 heterocycles. The fourth-order valence-corrected chi connectivity index (χ4v) is 2.25. The normalized spacial score (nSPS) is 12.7. The van der Waals surface area contributed by atoms with Gasteiger partial charge in [0.15, 0.2) is 5.22 Å². The third-order valence-electron chi connectivity index (χ3n) is 3.01. The summed E-state index contributed by atoms with van der Waals surface area (Å²) in [6.07, 6.45) is 1.77. The van der Waals surface area contributed by atoms with Crippen LogP contribution < -0.4 is 11.3 Å². The van der Waals surface area contributed by atoms with Crippen LogP contribution in [0.3, 0.4) is 0 Å². The van der Waals surface area contributed by atoms with E-state index in [-0.39, 0.29) is 6.04 Å². The second-order valence-electron chi connectivity index (χ2n) is 4.20. The summed E-state index contributed by atoms with van der Waals surface area (Å²) in [5.41, 5.74) is 4.68. The first-order chi connectivity index (χ1) is 9.28. The molecule has 0 bridgehead atoms. The van der Waals surface area contributed by atoms with Gasteiger partial charge < -0.3 is 4.42 Å². The van der Waals surface area contributed by atoms with E-state index in [9.17, 15) is 0 Å². The van der Waals surface area contributed by atoms with Crippen molar-refractivity contribution in [2.24, 2.45) is 5.84 Å². The molecule has 96 valence electrons. The van der Waals surface area contributed by atoms with E-state index in [1.807, 2.05) is 30.3 Å². The van der Waals surface area contributed by atoms with Gasteiger partial charge in [0.25, 0.3) is 0 Å². The number of rotatable bonds is 3. The summed E-state index contributed by atoms with van der Waals surface area (Å²) in [7, 11) is 0. The number of nitrogens with one attached hydrogen (secondary N) is 1. The summed E-state index contributed by atoms with van der Waals surface area (Å²) >= 11 is 5.80. The van der Waals surface area contributed by atoms with Gasteiger partial charge in [0, 0.05) is 11.6 Å². The molecule has 0 aliphatic carbocycles. The average molecular weight is 274 g/mol. The molecule has 3 rings (SSSR count). The molecule has 1 atom stereocenters. The molecule has 4 nitrogen and oxygen atoms in total. The molecule has 0 amide bonds. The Hall–Kier alpha value is -1.88. The Balaban J connectivity index is 2.06. The molecule has 2 aromatic heterocycles. The lowest BCUT2D eigenvalue weighted by molar-refractivity contribution is 0.453. The van der Waals surface area contributed by atoms with Crippen molar-refractivity contribution in [1.82, 2.24) is 10.4 Å². The lowest BCUT2D eigenvalue weighted by atomic mass is 10.0. The number of halogens is 1. The number of aromatic nitrogens is 1. The second kappa shape index (κ2) is 5.01. The van der Waals surface area contributed by atoms with Crippen molar-refractivity contribution >= 4 is 22.5 Å². The molecule has 0 spiro atoms. The number of hydrazine groups is 1. The first-order valence-corrected chi connectivity index (χ1v) is 6.22. The number of furan rings is 1. The quantitative estimate of drug-likeness (QED) is 0.569. The van der Waals surface area contributed by atoms with Crippen molar-refractivity contribution in [2.75, 3.05) is 0 Å². The van der Waals surface area contributed by atoms with Crippen LogP contribution in [-0.2, 0) is 0 Å². The van der Waals surface area contributed by atoms with E-state index < -0.39 is 0 Å². The van der Waals surface area contributed by atoms with Crippen molar-refractivity contribution in [3.8, 4) is 0 Å². The number of hydrogen-bond acceptors (Lipinski definition) is 4. The first-order valence-electron chi connectivity index (χ1n) is 5.84. The minimum absolute atomic E-state index is 0.239. The zero-order valence-electron chi connectivity index (χ0n) is 10.0. The summed E-state index contributed by atoms with van der Waals surface area (Å²) in [4.78, 5) is 4.29. The molecule has 5 heteroatoms. The standard InChI is InChI=1S/C14H12ClN3O/c15-13-6-5-12(19-13)14(18-16)10-3-4-11-9(8-10)2-1-7-17-11/h1-8,14,18H,16H2. The van der Waals surface area contributed by atoms with Gasteiger partial charge in [0.1, 0.15) is 11.8 Å². The van der Waals surface area contributed by atoms with E-state index in [1.165, 1.54) is 0 Å². The number of nitrogens with zero attached hydrogens (tertiary/aromatic N) is 1. The fourth-order valence-electron chi connectivity index (χ4n) is 2.10. The highest BCUT2D eigenvalue weighted by molar-refractivity contribution is 6.28. The van der Waals surface area contributed by atoms with E-state index in [0.717, 1.165) is 16.5 Å². The molecule has 3 N–H and O–H groups in total. The molecule has 0 radical (unpaired) electrons. The lowest BCUT2D eigenvalue weighted by Crippen LogP contribution is -2.28. The van der Waals surface area contributed by atoms with Crippen LogP contribution in [0.25, 0.3) is 10.9 Å². The topological polar surface area (TPSA) is 64.1 Å². The van der Waals surface area contributed by atoms with Gasteiger partial charge in [0.05, 0.1) is 5.52 Å². The summed E-state index contributed by atoms with van der Waals surface area (Å²) < 4.78 is 5.41. The number of fused-ring (bicyclic) bond motifs is 1. The maximum absolute atomic E-state index is 5.80. The SMILES string of the molecule is NNC(c1ccc2ncccc2c1)c1ccc(Cl)o1. The zero-order valence-corrected chi connectivity index (χ0v) is 10.8. The van der Waals surface area contributed by atoms with Crippen LogP contribution in [0.15, 0.2) is 53.1 Å². The Morgan fingerprint density at radius 1 is 1.21 bits per heavy atom. The molecular formula is C14H12ClN3O. The molecule has 0 saturated heterocycles. The van der Waals surface area contributed by atoms with Gasteiger partial charge in [-0.05, 0) is 47.5 Å². The Labute approximate surface area is 115 Å². The summed E-state index contributed by atoms with van der Waals surface area (Å²) in [6.45, 7) is 0. The summed E-state index contributed by atoms with van der Waals surface area (Å²) in [6, 6.07) is 13.1. The van der Waals surface area contributed by atoms with Crippen LogP contribution in [0.2, 0.25) is 5.22 Å². The maximum Gasteiger partial charge on any atom is 0.193 e. The first kappa shape index (κ1) is 12.2. The number of hydrogen-bond donors (Lipinski definition) is 2. The van der Waals surface area contributed by atoms with Crippen molar-refractivity contribution in [3.05, 3.63) is 65.2 Å². The lowest BCUT2D eigenvalue weighted by Gasteiger charge is -2.14. The maximum atomic E-state index is 5.80. The molecule has 3 aromatic rings. The van der Waals surface area contributed by atoms with Crippen molar-refractivity contribution < 1.29 is 4.42 Å². The van der Waals surface area contributed by atoms with Crippen LogP contribution in [-0.4, -0.2) is 4.98 Å². The Morgan fingerprint density at radius 3 is 2.84 bits per heavy atom. The third-order valence-corrected chi connectivity index (χ3v) is 3.21. The van der Waals surface area contributed by atoms with Gasteiger partial charge in [-0.3, -0.25) is 10.8 Å². The monoisotopic (exact) mass is 273 g/mol. The van der Waals surface area contributed by atoms with Crippen LogP contribution >= 0.6 is 11.6 Å². The van der Waals surface area contributed by atoms with E-state index >= 15 is 0 Å². The Bertz CT molecular complexity index is 710. The highest BCUT2D eigenvalue weighted by atomic mass is 35.5. The molecule has 1 unspecified atom stereocenters.